The van der Waals surface area contributed by atoms with E-state index in [0.717, 1.165) is 25.0 Å². The lowest BCUT2D eigenvalue weighted by Gasteiger charge is -2.33. The molecular formula is C22H29F2N7O3. The number of aromatic nitrogens is 2. The number of nitrogens with two attached hydrogens (primary N) is 2. The highest BCUT2D eigenvalue weighted by Gasteiger charge is 2.29. The summed E-state index contributed by atoms with van der Waals surface area (Å²) in [7, 11) is 0. The van der Waals surface area contributed by atoms with E-state index in [4.69, 9.17) is 16.2 Å². The topological polar surface area (TPSA) is 157 Å². The lowest BCUT2D eigenvalue weighted by Crippen LogP contribution is -2.50. The largest absolute Gasteiger partial charge is 0.444 e. The lowest BCUT2D eigenvalue weighted by atomic mass is 9.90. The monoisotopic (exact) mass is 477 g/mol. The van der Waals surface area contributed by atoms with Crippen molar-refractivity contribution < 1.29 is 23.1 Å². The standard InChI is InChI=1S/C22H29F2N7O3/c1-22(2,3)34-21(33)29-15-7-5-4-6-14(15)28-20-30-17(25)16(18(26)32)19(31-20)27-13-9-11(23)8-12(24)10-13/h8-10,14-15H,4-7H2,1-3H3,(H2,26,32)(H,29,33)(H4,25,27,28,30,31)/t14-,15+/m0/s1. The van der Waals surface area contributed by atoms with E-state index in [0.29, 0.717) is 18.9 Å². The predicted octanol–water partition coefficient (Wildman–Crippen LogP) is 3.43. The Hall–Kier alpha value is -3.70. The zero-order chi connectivity index (χ0) is 25.0. The first kappa shape index (κ1) is 24.9. The minimum atomic E-state index is -0.912. The third-order valence-corrected chi connectivity index (χ3v) is 5.09. The van der Waals surface area contributed by atoms with Crippen LogP contribution in [0.4, 0.5) is 36.8 Å². The van der Waals surface area contributed by atoms with Gasteiger partial charge in [0.05, 0.1) is 6.04 Å². The average molecular weight is 478 g/mol. The molecule has 12 heteroatoms. The third-order valence-electron chi connectivity index (χ3n) is 5.09. The summed E-state index contributed by atoms with van der Waals surface area (Å²) in [6.45, 7) is 5.33. The van der Waals surface area contributed by atoms with Gasteiger partial charge in [0.1, 0.15) is 28.6 Å². The Morgan fingerprint density at radius 2 is 1.68 bits per heavy atom. The predicted molar refractivity (Wildman–Crippen MR) is 124 cm³/mol. The number of alkyl carbamates (subject to hydrolysis) is 1. The molecule has 3 rings (SSSR count). The van der Waals surface area contributed by atoms with E-state index in [2.05, 4.69) is 25.9 Å². The molecule has 0 saturated heterocycles. The van der Waals surface area contributed by atoms with Crippen LogP contribution in [0.15, 0.2) is 18.2 Å². The molecule has 0 radical (unpaired) electrons. The van der Waals surface area contributed by atoms with Crippen LogP contribution < -0.4 is 27.4 Å². The van der Waals surface area contributed by atoms with Crippen molar-refractivity contribution in [1.29, 1.82) is 0 Å². The highest BCUT2D eigenvalue weighted by atomic mass is 19.1. The van der Waals surface area contributed by atoms with Crippen LogP contribution in [0.3, 0.4) is 0 Å². The van der Waals surface area contributed by atoms with Crippen molar-refractivity contribution in [2.45, 2.75) is 64.1 Å². The normalized spacial score (nSPS) is 18.1. The molecule has 2 amide bonds. The van der Waals surface area contributed by atoms with Crippen molar-refractivity contribution in [3.05, 3.63) is 35.4 Å². The van der Waals surface area contributed by atoms with Crippen molar-refractivity contribution in [1.82, 2.24) is 15.3 Å². The van der Waals surface area contributed by atoms with Crippen LogP contribution >= 0.6 is 0 Å². The first-order valence-corrected chi connectivity index (χ1v) is 10.9. The van der Waals surface area contributed by atoms with Gasteiger partial charge in [0, 0.05) is 17.8 Å². The van der Waals surface area contributed by atoms with Gasteiger partial charge >= 0.3 is 6.09 Å². The molecular weight excluding hydrogens is 448 g/mol. The molecule has 2 atom stereocenters. The number of nitrogens with one attached hydrogen (secondary N) is 3. The second-order valence-corrected chi connectivity index (χ2v) is 9.09. The van der Waals surface area contributed by atoms with Gasteiger partial charge in [-0.2, -0.15) is 9.97 Å². The molecule has 184 valence electrons. The van der Waals surface area contributed by atoms with Crippen LogP contribution in [-0.2, 0) is 4.74 Å². The van der Waals surface area contributed by atoms with Gasteiger partial charge in [0.2, 0.25) is 5.95 Å². The summed E-state index contributed by atoms with van der Waals surface area (Å²) < 4.78 is 32.6. The van der Waals surface area contributed by atoms with Crippen LogP contribution in [0.5, 0.6) is 0 Å². The van der Waals surface area contributed by atoms with E-state index in [9.17, 15) is 18.4 Å². The van der Waals surface area contributed by atoms with Gasteiger partial charge in [0.25, 0.3) is 5.91 Å². The SMILES string of the molecule is CC(C)(C)OC(=O)N[C@@H]1CCCC[C@@H]1Nc1nc(N)c(C(N)=O)c(Nc2cc(F)cc(F)c2)n1. The molecule has 0 spiro atoms. The van der Waals surface area contributed by atoms with Crippen LogP contribution in [0.2, 0.25) is 0 Å². The third kappa shape index (κ3) is 6.65. The zero-order valence-corrected chi connectivity index (χ0v) is 19.2. The number of carbonyl (C=O) groups excluding carboxylic acids is 2. The van der Waals surface area contributed by atoms with Crippen molar-refractivity contribution in [2.24, 2.45) is 5.73 Å². The Balaban J connectivity index is 1.85. The van der Waals surface area contributed by atoms with Crippen molar-refractivity contribution in [2.75, 3.05) is 16.4 Å². The van der Waals surface area contributed by atoms with Crippen LogP contribution in [0.1, 0.15) is 56.8 Å². The van der Waals surface area contributed by atoms with Crippen molar-refractivity contribution in [3.63, 3.8) is 0 Å². The number of ether oxygens (including phenoxy) is 1. The molecule has 1 aliphatic carbocycles. The summed E-state index contributed by atoms with van der Waals surface area (Å²) in [5, 5.41) is 8.70. The lowest BCUT2D eigenvalue weighted by molar-refractivity contribution is 0.0488. The fraction of sp³-hybridized carbons (Fsp3) is 0.455. The number of rotatable bonds is 6. The number of amides is 2. The molecule has 2 aromatic rings. The fourth-order valence-corrected chi connectivity index (χ4v) is 3.74. The molecule has 1 fully saturated rings. The van der Waals surface area contributed by atoms with Crippen LogP contribution in [0, 0.1) is 11.6 Å². The van der Waals surface area contributed by atoms with Gasteiger partial charge in [0.15, 0.2) is 5.82 Å². The van der Waals surface area contributed by atoms with E-state index >= 15 is 0 Å². The molecule has 1 aromatic heterocycles. The summed E-state index contributed by atoms with van der Waals surface area (Å²) >= 11 is 0. The maximum absolute atomic E-state index is 13.6. The first-order valence-electron chi connectivity index (χ1n) is 10.9. The van der Waals surface area contributed by atoms with Crippen LogP contribution in [-0.4, -0.2) is 39.7 Å². The fourth-order valence-electron chi connectivity index (χ4n) is 3.74. The van der Waals surface area contributed by atoms with Gasteiger partial charge in [-0.15, -0.1) is 0 Å². The average Bonchev–Trinajstić information content (AvgIpc) is 2.66. The summed E-state index contributed by atoms with van der Waals surface area (Å²) in [5.41, 5.74) is 10.5. The number of carbonyl (C=O) groups is 2. The number of nitrogens with zero attached hydrogens (tertiary/aromatic N) is 2. The Labute approximate surface area is 195 Å². The maximum atomic E-state index is 13.6. The zero-order valence-electron chi connectivity index (χ0n) is 19.2. The molecule has 1 saturated carbocycles. The first-order chi connectivity index (χ1) is 15.9. The Bertz CT molecular complexity index is 1050. The quantitative estimate of drug-likeness (QED) is 0.423. The highest BCUT2D eigenvalue weighted by Crippen LogP contribution is 2.27. The summed E-state index contributed by atoms with van der Waals surface area (Å²) in [6, 6.07) is 2.25. The molecule has 0 bridgehead atoms. The molecule has 1 aromatic carbocycles. The van der Waals surface area contributed by atoms with Crippen molar-refractivity contribution >= 4 is 35.3 Å². The Morgan fingerprint density at radius 3 is 2.26 bits per heavy atom. The number of nitrogen functional groups attached to an aromatic ring is 1. The molecule has 10 nitrogen and oxygen atoms in total. The Morgan fingerprint density at radius 1 is 1.06 bits per heavy atom. The second-order valence-electron chi connectivity index (χ2n) is 9.09. The van der Waals surface area contributed by atoms with Gasteiger partial charge in [-0.25, -0.2) is 13.6 Å². The van der Waals surface area contributed by atoms with E-state index < -0.39 is 29.2 Å². The van der Waals surface area contributed by atoms with E-state index in [1.165, 1.54) is 0 Å². The molecule has 34 heavy (non-hydrogen) atoms. The number of halogens is 2. The Kier molecular flexibility index (Phi) is 7.38. The second kappa shape index (κ2) is 10.1. The minimum absolute atomic E-state index is 0.00573. The van der Waals surface area contributed by atoms with E-state index in [1.807, 2.05) is 0 Å². The minimum Gasteiger partial charge on any atom is -0.444 e. The number of primary amides is 1. The highest BCUT2D eigenvalue weighted by molar-refractivity contribution is 6.02. The van der Waals surface area contributed by atoms with E-state index in [-0.39, 0.29) is 40.9 Å². The van der Waals surface area contributed by atoms with Gasteiger partial charge in [-0.05, 0) is 45.7 Å². The summed E-state index contributed by atoms with van der Waals surface area (Å²) in [6.07, 6.45) is 2.71. The van der Waals surface area contributed by atoms with Crippen LogP contribution in [0.25, 0.3) is 0 Å². The maximum Gasteiger partial charge on any atom is 0.407 e. The number of anilines is 4. The number of benzene rings is 1. The number of hydrogen-bond acceptors (Lipinski definition) is 8. The summed E-state index contributed by atoms with van der Waals surface area (Å²) in [4.78, 5) is 32.6. The summed E-state index contributed by atoms with van der Waals surface area (Å²) in [5.74, 6) is -2.81. The molecule has 1 heterocycles. The van der Waals surface area contributed by atoms with Crippen molar-refractivity contribution in [3.8, 4) is 0 Å². The number of hydrogen-bond donors (Lipinski definition) is 5. The van der Waals surface area contributed by atoms with Gasteiger partial charge in [-0.3, -0.25) is 4.79 Å². The van der Waals surface area contributed by atoms with Gasteiger partial charge in [-0.1, -0.05) is 12.8 Å². The molecule has 0 unspecified atom stereocenters. The molecule has 0 aliphatic heterocycles. The van der Waals surface area contributed by atoms with E-state index in [1.54, 1.807) is 20.8 Å². The smallest absolute Gasteiger partial charge is 0.407 e. The molecule has 7 N–H and O–H groups in total. The molecule has 1 aliphatic rings. The van der Waals surface area contributed by atoms with Gasteiger partial charge < -0.3 is 32.2 Å².